The van der Waals surface area contributed by atoms with Crippen LogP contribution >= 0.6 is 0 Å². The van der Waals surface area contributed by atoms with Gasteiger partial charge >= 0.3 is 5.97 Å². The van der Waals surface area contributed by atoms with E-state index in [0.29, 0.717) is 5.82 Å². The molecule has 8 nitrogen and oxygen atoms in total. The number of carbonyl (C=O) groups excluding carboxylic acids is 2. The summed E-state index contributed by atoms with van der Waals surface area (Å²) in [7, 11) is 0. The zero-order chi connectivity index (χ0) is 32.5. The fourth-order valence-electron chi connectivity index (χ4n) is 6.87. The SMILES string of the molecule is CCC1CCC(C2CC=C(c3cnc(-c4ccc(CN(CC(=O)O)C(=O)CNC(=O)Cc5ccc(C)cc5)cc4)nc3)CC2)CC1. The first-order valence-electron chi connectivity index (χ1n) is 16.7. The van der Waals surface area contributed by atoms with E-state index in [1.54, 1.807) is 0 Å². The smallest absolute Gasteiger partial charge is 0.323 e. The summed E-state index contributed by atoms with van der Waals surface area (Å²) in [5, 5.41) is 12.0. The lowest BCUT2D eigenvalue weighted by Crippen LogP contribution is -2.42. The minimum absolute atomic E-state index is 0.105. The van der Waals surface area contributed by atoms with Crippen LogP contribution in [-0.4, -0.2) is 50.8 Å². The van der Waals surface area contributed by atoms with Crippen molar-refractivity contribution in [3.63, 3.8) is 0 Å². The number of hydrogen-bond donors (Lipinski definition) is 2. The molecule has 242 valence electrons. The quantitative estimate of drug-likeness (QED) is 0.235. The van der Waals surface area contributed by atoms with Crippen molar-refractivity contribution < 1.29 is 19.5 Å². The Balaban J connectivity index is 1.13. The predicted octanol–water partition coefficient (Wildman–Crippen LogP) is 6.62. The second-order valence-corrected chi connectivity index (χ2v) is 13.0. The Hall–Kier alpha value is -4.33. The van der Waals surface area contributed by atoms with Gasteiger partial charge in [0.2, 0.25) is 11.8 Å². The van der Waals surface area contributed by atoms with Gasteiger partial charge in [0.15, 0.2) is 5.82 Å². The number of nitrogens with zero attached hydrogens (tertiary/aromatic N) is 3. The van der Waals surface area contributed by atoms with Crippen molar-refractivity contribution in [2.24, 2.45) is 17.8 Å². The van der Waals surface area contributed by atoms with E-state index in [1.165, 1.54) is 49.0 Å². The van der Waals surface area contributed by atoms with E-state index in [0.717, 1.165) is 58.4 Å². The molecule has 1 saturated carbocycles. The molecule has 0 spiro atoms. The van der Waals surface area contributed by atoms with Crippen LogP contribution in [0.5, 0.6) is 0 Å². The Morgan fingerprint density at radius 3 is 2.15 bits per heavy atom. The van der Waals surface area contributed by atoms with Crippen LogP contribution in [0.3, 0.4) is 0 Å². The molecule has 46 heavy (non-hydrogen) atoms. The normalized spacial score (nSPS) is 19.6. The molecule has 1 unspecified atom stereocenters. The van der Waals surface area contributed by atoms with E-state index in [-0.39, 0.29) is 25.4 Å². The summed E-state index contributed by atoms with van der Waals surface area (Å²) in [4.78, 5) is 47.3. The molecular weight excluding hydrogens is 576 g/mol. The summed E-state index contributed by atoms with van der Waals surface area (Å²) in [6.45, 7) is 3.67. The molecular formula is C38H46N4O4. The van der Waals surface area contributed by atoms with Crippen LogP contribution in [0.1, 0.15) is 80.5 Å². The molecule has 2 aromatic carbocycles. The molecule has 2 amide bonds. The van der Waals surface area contributed by atoms with Crippen LogP contribution in [0.4, 0.5) is 0 Å². The number of aliphatic carboxylic acids is 1. The number of allylic oxidation sites excluding steroid dienone is 2. The second kappa shape index (κ2) is 15.8. The van der Waals surface area contributed by atoms with Crippen molar-refractivity contribution in [1.29, 1.82) is 0 Å². The summed E-state index contributed by atoms with van der Waals surface area (Å²) in [5.41, 5.74) is 5.98. The fraction of sp³-hybridized carbons (Fsp3) is 0.447. The van der Waals surface area contributed by atoms with Gasteiger partial charge in [-0.05, 0) is 73.5 Å². The zero-order valence-corrected chi connectivity index (χ0v) is 27.1. The lowest BCUT2D eigenvalue weighted by molar-refractivity contribution is -0.144. The third kappa shape index (κ3) is 9.12. The standard InChI is InChI=1S/C38H46N4O4/c1-3-27-8-12-30(13-9-27)31-16-18-32(19-17-31)34-21-40-38(41-22-34)33-14-10-29(11-15-33)24-42(25-37(45)46)36(44)23-39-35(43)20-28-6-4-26(2)5-7-28/h4-7,10-11,14-15,18,21-22,27,30-31H,3,8-9,12-13,16-17,19-20,23-25H2,1-2H3,(H,39,43)(H,45,46). The Kier molecular flexibility index (Phi) is 11.3. The van der Waals surface area contributed by atoms with Gasteiger partial charge in [-0.25, -0.2) is 9.97 Å². The largest absolute Gasteiger partial charge is 0.480 e. The number of carboxylic acid groups (broad SMARTS) is 1. The number of aryl methyl sites for hydroxylation is 1. The van der Waals surface area contributed by atoms with Crippen molar-refractivity contribution in [2.75, 3.05) is 13.1 Å². The third-order valence-corrected chi connectivity index (χ3v) is 9.80. The highest BCUT2D eigenvalue weighted by molar-refractivity contribution is 5.87. The van der Waals surface area contributed by atoms with Crippen LogP contribution in [0, 0.1) is 24.7 Å². The molecule has 5 rings (SSSR count). The molecule has 8 heteroatoms. The summed E-state index contributed by atoms with van der Waals surface area (Å²) < 4.78 is 0. The Bertz CT molecular complexity index is 1510. The molecule has 0 aliphatic heterocycles. The summed E-state index contributed by atoms with van der Waals surface area (Å²) in [6.07, 6.45) is 16.8. The maximum atomic E-state index is 12.9. The van der Waals surface area contributed by atoms with Crippen LogP contribution < -0.4 is 5.32 Å². The fourth-order valence-corrected chi connectivity index (χ4v) is 6.87. The average molecular weight is 623 g/mol. The Labute approximate surface area is 272 Å². The van der Waals surface area contributed by atoms with E-state index in [9.17, 15) is 19.5 Å². The zero-order valence-electron chi connectivity index (χ0n) is 27.1. The maximum absolute atomic E-state index is 12.9. The van der Waals surface area contributed by atoms with Gasteiger partial charge in [-0.2, -0.15) is 0 Å². The highest BCUT2D eigenvalue weighted by Gasteiger charge is 2.28. The summed E-state index contributed by atoms with van der Waals surface area (Å²) >= 11 is 0. The van der Waals surface area contributed by atoms with E-state index in [4.69, 9.17) is 0 Å². The molecule has 1 atom stereocenters. The average Bonchev–Trinajstić information content (AvgIpc) is 3.08. The number of carboxylic acids is 1. The molecule has 2 aliphatic carbocycles. The number of carbonyl (C=O) groups is 3. The highest BCUT2D eigenvalue weighted by Crippen LogP contribution is 2.41. The number of rotatable bonds is 12. The van der Waals surface area contributed by atoms with Gasteiger partial charge in [0, 0.05) is 30.1 Å². The molecule has 2 N–H and O–H groups in total. The third-order valence-electron chi connectivity index (χ3n) is 9.80. The first kappa shape index (κ1) is 33.0. The van der Waals surface area contributed by atoms with Crippen molar-refractivity contribution >= 4 is 23.4 Å². The van der Waals surface area contributed by atoms with E-state index < -0.39 is 18.4 Å². The Morgan fingerprint density at radius 2 is 1.54 bits per heavy atom. The molecule has 0 saturated heterocycles. The Morgan fingerprint density at radius 1 is 0.870 bits per heavy atom. The number of aromatic nitrogens is 2. The number of benzene rings is 2. The number of nitrogens with one attached hydrogen (secondary N) is 1. The van der Waals surface area contributed by atoms with Gasteiger partial charge < -0.3 is 15.3 Å². The molecule has 1 fully saturated rings. The molecule has 2 aliphatic rings. The predicted molar refractivity (Wildman–Crippen MR) is 179 cm³/mol. The van der Waals surface area contributed by atoms with Crippen LogP contribution in [0.15, 0.2) is 67.0 Å². The van der Waals surface area contributed by atoms with Crippen molar-refractivity contribution in [1.82, 2.24) is 20.2 Å². The van der Waals surface area contributed by atoms with Gasteiger partial charge in [0.05, 0.1) is 13.0 Å². The minimum Gasteiger partial charge on any atom is -0.480 e. The van der Waals surface area contributed by atoms with Gasteiger partial charge in [-0.3, -0.25) is 14.4 Å². The van der Waals surface area contributed by atoms with Gasteiger partial charge in [0.1, 0.15) is 6.54 Å². The lowest BCUT2D eigenvalue weighted by Gasteiger charge is -2.35. The summed E-state index contributed by atoms with van der Waals surface area (Å²) in [5.74, 6) is 1.37. The summed E-state index contributed by atoms with van der Waals surface area (Å²) in [6, 6.07) is 15.1. The minimum atomic E-state index is -1.12. The van der Waals surface area contributed by atoms with Crippen molar-refractivity contribution in [3.05, 3.63) is 89.3 Å². The van der Waals surface area contributed by atoms with Gasteiger partial charge in [-0.1, -0.05) is 86.4 Å². The number of amides is 2. The van der Waals surface area contributed by atoms with E-state index in [1.807, 2.05) is 67.8 Å². The highest BCUT2D eigenvalue weighted by atomic mass is 16.4. The van der Waals surface area contributed by atoms with Crippen molar-refractivity contribution in [3.8, 4) is 11.4 Å². The molecule has 1 heterocycles. The van der Waals surface area contributed by atoms with Gasteiger partial charge in [0.25, 0.3) is 0 Å². The van der Waals surface area contributed by atoms with Crippen LogP contribution in [0.25, 0.3) is 17.0 Å². The van der Waals surface area contributed by atoms with Gasteiger partial charge in [-0.15, -0.1) is 0 Å². The van der Waals surface area contributed by atoms with E-state index in [2.05, 4.69) is 28.3 Å². The molecule has 1 aromatic heterocycles. The van der Waals surface area contributed by atoms with Crippen LogP contribution in [-0.2, 0) is 27.3 Å². The molecule has 0 bridgehead atoms. The first-order chi connectivity index (χ1) is 22.3. The molecule has 0 radical (unpaired) electrons. The first-order valence-corrected chi connectivity index (χ1v) is 16.7. The number of hydrogen-bond acceptors (Lipinski definition) is 5. The second-order valence-electron chi connectivity index (χ2n) is 13.0. The monoisotopic (exact) mass is 622 g/mol. The topological polar surface area (TPSA) is 112 Å². The van der Waals surface area contributed by atoms with Crippen molar-refractivity contribution in [2.45, 2.75) is 78.2 Å². The van der Waals surface area contributed by atoms with Crippen LogP contribution in [0.2, 0.25) is 0 Å². The maximum Gasteiger partial charge on any atom is 0.323 e. The van der Waals surface area contributed by atoms with E-state index >= 15 is 0 Å². The molecule has 3 aromatic rings. The lowest BCUT2D eigenvalue weighted by atomic mass is 9.71.